The Kier molecular flexibility index (Phi) is 5.42. The summed E-state index contributed by atoms with van der Waals surface area (Å²) < 4.78 is 4.61. The summed E-state index contributed by atoms with van der Waals surface area (Å²) in [5, 5.41) is 0.147. The Morgan fingerprint density at radius 3 is 2.68 bits per heavy atom. The van der Waals surface area contributed by atoms with Gasteiger partial charge in [0.2, 0.25) is 0 Å². The zero-order valence-electron chi connectivity index (χ0n) is 12.4. The molecule has 106 valence electrons. The average molecular weight is 283 g/mol. The molecule has 1 atom stereocenters. The first kappa shape index (κ1) is 16.0. The van der Waals surface area contributed by atoms with Crippen LogP contribution in [0.25, 0.3) is 0 Å². The van der Waals surface area contributed by atoms with Gasteiger partial charge in [-0.25, -0.2) is 4.79 Å². The number of carbonyl (C=O) groups excluding carboxylic acids is 1. The average Bonchev–Trinajstić information content (AvgIpc) is 2.35. The highest BCUT2D eigenvalue weighted by Crippen LogP contribution is 2.41. The van der Waals surface area contributed by atoms with E-state index in [-0.39, 0.29) is 10.4 Å². The van der Waals surface area contributed by atoms with Crippen LogP contribution in [0.1, 0.15) is 40.5 Å². The third-order valence-electron chi connectivity index (χ3n) is 3.84. The molecule has 0 amide bonds. The minimum Gasteiger partial charge on any atom is -0.465 e. The van der Waals surface area contributed by atoms with Crippen LogP contribution in [0.4, 0.5) is 0 Å². The summed E-state index contributed by atoms with van der Waals surface area (Å²) >= 11 is 5.95. The molecule has 0 radical (unpaired) electrons. The van der Waals surface area contributed by atoms with Crippen molar-refractivity contribution in [3.8, 4) is 0 Å². The van der Waals surface area contributed by atoms with Crippen molar-refractivity contribution in [2.75, 3.05) is 7.11 Å². The molecule has 0 saturated heterocycles. The van der Waals surface area contributed by atoms with Crippen molar-refractivity contribution < 1.29 is 9.53 Å². The molecule has 1 aliphatic rings. The molecule has 1 unspecified atom stereocenters. The van der Waals surface area contributed by atoms with Crippen LogP contribution in [0, 0.1) is 11.3 Å². The summed E-state index contributed by atoms with van der Waals surface area (Å²) in [5.41, 5.74) is 2.37. The van der Waals surface area contributed by atoms with E-state index in [0.29, 0.717) is 5.92 Å². The van der Waals surface area contributed by atoms with Gasteiger partial charge in [-0.05, 0) is 37.7 Å². The fourth-order valence-corrected chi connectivity index (χ4v) is 2.69. The zero-order valence-corrected chi connectivity index (χ0v) is 13.2. The molecule has 0 aromatic carbocycles. The number of hydrogen-bond acceptors (Lipinski definition) is 2. The highest BCUT2D eigenvalue weighted by atomic mass is 35.5. The molecule has 0 fully saturated rings. The molecule has 0 heterocycles. The van der Waals surface area contributed by atoms with Crippen molar-refractivity contribution in [1.82, 2.24) is 0 Å². The monoisotopic (exact) mass is 282 g/mol. The molecular formula is C16H23ClO2. The standard InChI is InChI=1S/C16H23ClO2/c1-11-7-6-10-16(3,4)13(11)9-8-12(2)14(17)15(18)19-5/h7-9,13H,6,10H2,1-5H3/b9-8+,14-12+. The van der Waals surface area contributed by atoms with E-state index in [0.717, 1.165) is 12.0 Å². The molecular weight excluding hydrogens is 260 g/mol. The largest absolute Gasteiger partial charge is 0.465 e. The number of methoxy groups -OCH3 is 1. The quantitative estimate of drug-likeness (QED) is 0.327. The first-order valence-corrected chi connectivity index (χ1v) is 6.97. The Hall–Kier alpha value is -1.02. The van der Waals surface area contributed by atoms with Gasteiger partial charge in [0.15, 0.2) is 0 Å². The van der Waals surface area contributed by atoms with E-state index in [4.69, 9.17) is 11.6 Å². The Morgan fingerprint density at radius 2 is 2.16 bits per heavy atom. The van der Waals surface area contributed by atoms with Crippen LogP contribution >= 0.6 is 11.6 Å². The van der Waals surface area contributed by atoms with Crippen LogP contribution in [-0.2, 0) is 9.53 Å². The van der Waals surface area contributed by atoms with Crippen LogP contribution in [0.15, 0.2) is 34.4 Å². The van der Waals surface area contributed by atoms with Crippen molar-refractivity contribution in [3.63, 3.8) is 0 Å². The molecule has 19 heavy (non-hydrogen) atoms. The highest BCUT2D eigenvalue weighted by molar-refractivity contribution is 6.41. The van der Waals surface area contributed by atoms with Crippen molar-refractivity contribution in [2.24, 2.45) is 11.3 Å². The van der Waals surface area contributed by atoms with Crippen LogP contribution in [-0.4, -0.2) is 13.1 Å². The molecule has 0 bridgehead atoms. The Bertz CT molecular complexity index is 442. The second-order valence-corrected chi connectivity index (χ2v) is 6.18. The van der Waals surface area contributed by atoms with Gasteiger partial charge in [0.1, 0.15) is 5.03 Å². The van der Waals surface area contributed by atoms with Crippen LogP contribution in [0.3, 0.4) is 0 Å². The van der Waals surface area contributed by atoms with Gasteiger partial charge in [-0.3, -0.25) is 0 Å². The highest BCUT2D eigenvalue weighted by Gasteiger charge is 2.30. The molecule has 0 N–H and O–H groups in total. The number of rotatable bonds is 3. The van der Waals surface area contributed by atoms with Crippen molar-refractivity contribution in [2.45, 2.75) is 40.5 Å². The first-order valence-electron chi connectivity index (χ1n) is 6.59. The lowest BCUT2D eigenvalue weighted by molar-refractivity contribution is -0.135. The molecule has 0 spiro atoms. The number of carbonyl (C=O) groups is 1. The normalized spacial score (nSPS) is 23.9. The third kappa shape index (κ3) is 3.97. The predicted molar refractivity (Wildman–Crippen MR) is 80.0 cm³/mol. The molecule has 0 aliphatic heterocycles. The van der Waals surface area contributed by atoms with E-state index in [1.807, 2.05) is 13.0 Å². The molecule has 0 aromatic heterocycles. The topological polar surface area (TPSA) is 26.3 Å². The summed E-state index contributed by atoms with van der Waals surface area (Å²) in [7, 11) is 1.33. The van der Waals surface area contributed by atoms with Gasteiger partial charge in [0, 0.05) is 5.92 Å². The van der Waals surface area contributed by atoms with Gasteiger partial charge < -0.3 is 4.74 Å². The summed E-state index contributed by atoms with van der Waals surface area (Å²) in [6, 6.07) is 0. The van der Waals surface area contributed by atoms with Crippen molar-refractivity contribution in [1.29, 1.82) is 0 Å². The number of halogens is 1. The maximum absolute atomic E-state index is 11.3. The van der Waals surface area contributed by atoms with E-state index in [9.17, 15) is 4.79 Å². The van der Waals surface area contributed by atoms with E-state index >= 15 is 0 Å². The third-order valence-corrected chi connectivity index (χ3v) is 4.29. The molecule has 0 saturated carbocycles. The minimum absolute atomic E-state index is 0.147. The van der Waals surface area contributed by atoms with Gasteiger partial charge in [-0.2, -0.15) is 0 Å². The van der Waals surface area contributed by atoms with Gasteiger partial charge in [-0.15, -0.1) is 0 Å². The maximum Gasteiger partial charge on any atom is 0.349 e. The van der Waals surface area contributed by atoms with E-state index in [2.05, 4.69) is 37.7 Å². The van der Waals surface area contributed by atoms with Crippen molar-refractivity contribution >= 4 is 17.6 Å². The molecule has 1 aliphatic carbocycles. The lowest BCUT2D eigenvalue weighted by Gasteiger charge is -2.36. The summed E-state index contributed by atoms with van der Waals surface area (Å²) in [5.74, 6) is -0.0997. The summed E-state index contributed by atoms with van der Waals surface area (Å²) in [6.07, 6.45) is 8.68. The number of ether oxygens (including phenoxy) is 1. The number of allylic oxidation sites excluding steroid dienone is 5. The lowest BCUT2D eigenvalue weighted by atomic mass is 9.68. The molecule has 2 nitrogen and oxygen atoms in total. The smallest absolute Gasteiger partial charge is 0.349 e. The van der Waals surface area contributed by atoms with Crippen LogP contribution in [0.5, 0.6) is 0 Å². The fourth-order valence-electron chi connectivity index (χ4n) is 2.55. The molecule has 3 heteroatoms. The van der Waals surface area contributed by atoms with Gasteiger partial charge in [0.25, 0.3) is 0 Å². The minimum atomic E-state index is -0.487. The molecule has 1 rings (SSSR count). The zero-order chi connectivity index (χ0) is 14.6. The maximum atomic E-state index is 11.3. The van der Waals surface area contributed by atoms with Crippen LogP contribution in [0.2, 0.25) is 0 Å². The van der Waals surface area contributed by atoms with Crippen molar-refractivity contribution in [3.05, 3.63) is 34.4 Å². The number of hydrogen-bond donors (Lipinski definition) is 0. The molecule has 0 aromatic rings. The number of esters is 1. The van der Waals surface area contributed by atoms with E-state index in [1.165, 1.54) is 19.1 Å². The van der Waals surface area contributed by atoms with Gasteiger partial charge >= 0.3 is 5.97 Å². The van der Waals surface area contributed by atoms with E-state index in [1.54, 1.807) is 0 Å². The lowest BCUT2D eigenvalue weighted by Crippen LogP contribution is -2.26. The second-order valence-electron chi connectivity index (χ2n) is 5.80. The van der Waals surface area contributed by atoms with Gasteiger partial charge in [-0.1, -0.05) is 49.2 Å². The Morgan fingerprint density at radius 1 is 1.53 bits per heavy atom. The van der Waals surface area contributed by atoms with E-state index < -0.39 is 5.97 Å². The first-order chi connectivity index (χ1) is 8.79. The van der Waals surface area contributed by atoms with Gasteiger partial charge in [0.05, 0.1) is 7.11 Å². The Labute approximate surface area is 121 Å². The SMILES string of the molecule is COC(=O)/C(Cl)=C(C)\C=C\C1C(C)=CCCC1(C)C. The Balaban J connectivity index is 2.94. The fraction of sp³-hybridized carbons (Fsp3) is 0.562. The summed E-state index contributed by atoms with van der Waals surface area (Å²) in [6.45, 7) is 8.54. The van der Waals surface area contributed by atoms with Crippen LogP contribution < -0.4 is 0 Å². The second kappa shape index (κ2) is 6.42. The predicted octanol–water partition coefficient (Wildman–Crippen LogP) is 4.61. The summed E-state index contributed by atoms with van der Waals surface area (Å²) in [4.78, 5) is 11.3.